The average Bonchev–Trinajstić information content (AvgIpc) is 3.83. The molecule has 1 saturated carbocycles. The van der Waals surface area contributed by atoms with Crippen molar-refractivity contribution in [1.82, 2.24) is 5.32 Å². The Morgan fingerprint density at radius 3 is 1.67 bits per heavy atom. The van der Waals surface area contributed by atoms with Gasteiger partial charge in [0.25, 0.3) is 0 Å². The summed E-state index contributed by atoms with van der Waals surface area (Å²) >= 11 is 0. The summed E-state index contributed by atoms with van der Waals surface area (Å²) in [6.45, 7) is 3.23. The third-order valence-electron chi connectivity index (χ3n) is 11.4. The van der Waals surface area contributed by atoms with Crippen LogP contribution in [-0.4, -0.2) is 105 Å². The highest BCUT2D eigenvalue weighted by Crippen LogP contribution is 2.41. The van der Waals surface area contributed by atoms with Crippen molar-refractivity contribution in [2.24, 2.45) is 11.8 Å². The molecule has 0 bridgehead atoms. The van der Waals surface area contributed by atoms with Gasteiger partial charge in [-0.05, 0) is 31.1 Å². The Kier molecular flexibility index (Phi) is 24.8. The topological polar surface area (TPSA) is 152 Å². The summed E-state index contributed by atoms with van der Waals surface area (Å²) in [4.78, 5) is 0. The summed E-state index contributed by atoms with van der Waals surface area (Å²) < 4.78 is 53.8. The summed E-state index contributed by atoms with van der Waals surface area (Å²) in [5.74, 6) is 1.80. The summed E-state index contributed by atoms with van der Waals surface area (Å²) in [6.07, 6.45) is 8.24. The van der Waals surface area contributed by atoms with Crippen LogP contribution in [0.1, 0.15) is 168 Å². The number of unbranched alkanes of at least 4 members (excludes halogenated alkanes) is 18. The second-order valence-corrected chi connectivity index (χ2v) is 16.0. The minimum Gasteiger partial charge on any atom is -0.394 e. The van der Waals surface area contributed by atoms with Crippen LogP contribution in [0.25, 0.3) is 0 Å². The standard InChI is InChI=1S/C40H76F3NO8/c1-3-4-5-6-7-8-9-10-11-15-18-21-24-32(46)35(47)31(28-51-39-38(50)37(49)36(48)33(27-45)52-39)44-34(40(41,42)43)25-22-19-16-13-12-14-17-20-23-30-26-29(30)2/h29-39,44-50H,3-28H2,1-2H3/t29?,30?,31-,32+,33?,34-,35-,36?,37?,38?,39?/m0/s1. The predicted molar refractivity (Wildman–Crippen MR) is 198 cm³/mol. The summed E-state index contributed by atoms with van der Waals surface area (Å²) in [5.41, 5.74) is 0. The number of rotatable bonds is 32. The summed E-state index contributed by atoms with van der Waals surface area (Å²) in [5, 5.41) is 64.7. The largest absolute Gasteiger partial charge is 0.403 e. The van der Waals surface area contributed by atoms with Crippen molar-refractivity contribution >= 4 is 0 Å². The van der Waals surface area contributed by atoms with E-state index in [1.54, 1.807) is 0 Å². The van der Waals surface area contributed by atoms with Crippen LogP contribution in [-0.2, 0) is 9.47 Å². The van der Waals surface area contributed by atoms with E-state index in [4.69, 9.17) is 9.47 Å². The van der Waals surface area contributed by atoms with E-state index in [0.29, 0.717) is 19.3 Å². The van der Waals surface area contributed by atoms with E-state index in [-0.39, 0.29) is 12.8 Å². The molecule has 2 aliphatic rings. The quantitative estimate of drug-likeness (QED) is 0.0358. The van der Waals surface area contributed by atoms with E-state index in [0.717, 1.165) is 63.2 Å². The van der Waals surface area contributed by atoms with Crippen LogP contribution in [0, 0.1) is 11.8 Å². The Bertz CT molecular complexity index is 871. The van der Waals surface area contributed by atoms with Crippen LogP contribution in [0.15, 0.2) is 0 Å². The second kappa shape index (κ2) is 27.1. The Balaban J connectivity index is 1.85. The second-order valence-electron chi connectivity index (χ2n) is 16.0. The Hall–Kier alpha value is -0.570. The van der Waals surface area contributed by atoms with Gasteiger partial charge in [-0.1, -0.05) is 149 Å². The van der Waals surface area contributed by atoms with Crippen LogP contribution in [0.2, 0.25) is 0 Å². The van der Waals surface area contributed by atoms with Gasteiger partial charge in [0.1, 0.15) is 30.5 Å². The minimum atomic E-state index is -4.62. The number of alkyl halides is 3. The molecule has 0 aromatic heterocycles. The van der Waals surface area contributed by atoms with Gasteiger partial charge in [-0.3, -0.25) is 5.32 Å². The van der Waals surface area contributed by atoms with Gasteiger partial charge in [0.2, 0.25) is 0 Å². The SMILES string of the molecule is CCCCCCCCCCCCCC[C@@H](O)[C@@H](O)[C@H](COC1OC(CO)C(O)C(O)C1O)N[C@@H](CCCCCCCCCCC1CC1C)C(F)(F)F. The number of ether oxygens (including phenoxy) is 2. The maximum Gasteiger partial charge on any atom is 0.403 e. The highest BCUT2D eigenvalue weighted by atomic mass is 19.4. The molecule has 0 aromatic carbocycles. The predicted octanol–water partition coefficient (Wildman–Crippen LogP) is 7.06. The lowest BCUT2D eigenvalue weighted by Crippen LogP contribution is -2.61. The zero-order chi connectivity index (χ0) is 38.4. The van der Waals surface area contributed by atoms with E-state index in [2.05, 4.69) is 19.2 Å². The molecule has 1 aliphatic heterocycles. The molecular formula is C40H76F3NO8. The van der Waals surface area contributed by atoms with E-state index in [1.807, 2.05) is 0 Å². The number of aliphatic hydroxyl groups is 6. The van der Waals surface area contributed by atoms with Crippen molar-refractivity contribution in [3.8, 4) is 0 Å². The van der Waals surface area contributed by atoms with Gasteiger partial charge >= 0.3 is 6.18 Å². The van der Waals surface area contributed by atoms with Gasteiger partial charge in [-0.15, -0.1) is 0 Å². The van der Waals surface area contributed by atoms with Crippen molar-refractivity contribution in [3.63, 3.8) is 0 Å². The molecule has 2 fully saturated rings. The molecule has 0 aromatic rings. The van der Waals surface area contributed by atoms with Crippen LogP contribution in [0.5, 0.6) is 0 Å². The molecule has 0 amide bonds. The molecule has 11 atom stereocenters. The molecule has 310 valence electrons. The first kappa shape index (κ1) is 47.6. The third kappa shape index (κ3) is 19.3. The van der Waals surface area contributed by atoms with Crippen molar-refractivity contribution in [1.29, 1.82) is 0 Å². The van der Waals surface area contributed by atoms with E-state index in [1.165, 1.54) is 70.6 Å². The van der Waals surface area contributed by atoms with E-state index >= 15 is 0 Å². The monoisotopic (exact) mass is 756 g/mol. The van der Waals surface area contributed by atoms with Crippen molar-refractivity contribution in [2.75, 3.05) is 13.2 Å². The molecule has 0 radical (unpaired) electrons. The Morgan fingerprint density at radius 1 is 0.712 bits per heavy atom. The van der Waals surface area contributed by atoms with Crippen molar-refractivity contribution < 1.29 is 53.3 Å². The maximum absolute atomic E-state index is 14.3. The van der Waals surface area contributed by atoms with Gasteiger partial charge < -0.3 is 40.1 Å². The third-order valence-corrected chi connectivity index (χ3v) is 11.4. The Labute approximate surface area is 312 Å². The summed E-state index contributed by atoms with van der Waals surface area (Å²) in [7, 11) is 0. The first-order valence-electron chi connectivity index (χ1n) is 21.0. The number of halogens is 3. The van der Waals surface area contributed by atoms with Gasteiger partial charge in [0.05, 0.1) is 31.5 Å². The van der Waals surface area contributed by atoms with Gasteiger partial charge in [0.15, 0.2) is 6.29 Å². The van der Waals surface area contributed by atoms with Crippen LogP contribution in [0.4, 0.5) is 13.2 Å². The zero-order valence-corrected chi connectivity index (χ0v) is 32.4. The van der Waals surface area contributed by atoms with Crippen molar-refractivity contribution in [3.05, 3.63) is 0 Å². The van der Waals surface area contributed by atoms with Gasteiger partial charge in [0, 0.05) is 0 Å². The lowest BCUT2D eigenvalue weighted by Gasteiger charge is -2.40. The molecule has 2 rings (SSSR count). The number of hydrogen-bond acceptors (Lipinski definition) is 9. The smallest absolute Gasteiger partial charge is 0.394 e. The zero-order valence-electron chi connectivity index (χ0n) is 32.4. The number of nitrogens with one attached hydrogen (secondary N) is 1. The fraction of sp³-hybridized carbons (Fsp3) is 1.00. The van der Waals surface area contributed by atoms with Crippen LogP contribution >= 0.6 is 0 Å². The van der Waals surface area contributed by atoms with Crippen LogP contribution in [0.3, 0.4) is 0 Å². The molecule has 52 heavy (non-hydrogen) atoms. The fourth-order valence-corrected chi connectivity index (χ4v) is 7.50. The molecule has 12 heteroatoms. The van der Waals surface area contributed by atoms with E-state index in [9.17, 15) is 43.8 Å². The number of aliphatic hydroxyl groups excluding tert-OH is 6. The normalized spacial score (nSPS) is 27.4. The molecule has 9 nitrogen and oxygen atoms in total. The van der Waals surface area contributed by atoms with Crippen LogP contribution < -0.4 is 5.32 Å². The average molecular weight is 756 g/mol. The highest BCUT2D eigenvalue weighted by Gasteiger charge is 2.46. The minimum absolute atomic E-state index is 0.202. The van der Waals surface area contributed by atoms with E-state index < -0.39 is 74.4 Å². The maximum atomic E-state index is 14.3. The summed E-state index contributed by atoms with van der Waals surface area (Å²) in [6, 6.07) is -3.35. The molecule has 1 saturated heterocycles. The lowest BCUT2D eigenvalue weighted by atomic mass is 9.97. The molecule has 1 aliphatic carbocycles. The van der Waals surface area contributed by atoms with Crippen molar-refractivity contribution in [2.45, 2.75) is 229 Å². The molecule has 7 unspecified atom stereocenters. The fourth-order valence-electron chi connectivity index (χ4n) is 7.50. The first-order chi connectivity index (χ1) is 24.9. The Morgan fingerprint density at radius 2 is 1.19 bits per heavy atom. The van der Waals surface area contributed by atoms with Gasteiger partial charge in [-0.25, -0.2) is 0 Å². The first-order valence-corrected chi connectivity index (χ1v) is 21.0. The molecule has 7 N–H and O–H groups in total. The van der Waals surface area contributed by atoms with Gasteiger partial charge in [-0.2, -0.15) is 13.2 Å². The molecule has 1 heterocycles. The highest BCUT2D eigenvalue weighted by molar-refractivity contribution is 4.91. The number of hydrogen-bond donors (Lipinski definition) is 7. The molecular weight excluding hydrogens is 679 g/mol. The molecule has 0 spiro atoms. The lowest BCUT2D eigenvalue weighted by molar-refractivity contribution is -0.303.